The number of pyridine rings is 1. The zero-order valence-corrected chi connectivity index (χ0v) is 10.3. The number of ether oxygens (including phenoxy) is 1. The Morgan fingerprint density at radius 3 is 2.47 bits per heavy atom. The molecule has 0 aliphatic carbocycles. The number of benzene rings is 1. The first-order chi connectivity index (χ1) is 8.29. The zero-order valence-electron chi connectivity index (χ0n) is 10.3. The summed E-state index contributed by atoms with van der Waals surface area (Å²) in [6.45, 7) is 4.73. The van der Waals surface area contributed by atoms with Gasteiger partial charge in [0.05, 0.1) is 6.20 Å². The van der Waals surface area contributed by atoms with Crippen LogP contribution >= 0.6 is 0 Å². The van der Waals surface area contributed by atoms with Crippen LogP contribution in [-0.4, -0.2) is 4.98 Å². The summed E-state index contributed by atoms with van der Waals surface area (Å²) in [5.74, 6) is 0.821. The van der Waals surface area contributed by atoms with Crippen molar-refractivity contribution in [1.29, 1.82) is 0 Å². The molecule has 1 aromatic heterocycles. The molecule has 0 aliphatic rings. The topological polar surface area (TPSA) is 22.1 Å². The Morgan fingerprint density at radius 1 is 1.06 bits per heavy atom. The third-order valence-corrected chi connectivity index (χ3v) is 2.78. The van der Waals surface area contributed by atoms with E-state index in [4.69, 9.17) is 4.74 Å². The summed E-state index contributed by atoms with van der Waals surface area (Å²) in [4.78, 5) is 4.21. The molecule has 0 atom stereocenters. The molecular formula is C15H17NO. The van der Waals surface area contributed by atoms with Crippen LogP contribution in [0.3, 0.4) is 0 Å². The number of aryl methyl sites for hydroxylation is 2. The molecule has 2 nitrogen and oxygen atoms in total. The summed E-state index contributed by atoms with van der Waals surface area (Å²) >= 11 is 0. The lowest BCUT2D eigenvalue weighted by molar-refractivity contribution is 0.303. The monoisotopic (exact) mass is 227 g/mol. The van der Waals surface area contributed by atoms with Crippen molar-refractivity contribution in [2.45, 2.75) is 26.9 Å². The first kappa shape index (κ1) is 11.6. The van der Waals surface area contributed by atoms with Crippen LogP contribution < -0.4 is 4.74 Å². The largest absolute Gasteiger partial charge is 0.487 e. The summed E-state index contributed by atoms with van der Waals surface area (Å²) in [6, 6.07) is 12.3. The van der Waals surface area contributed by atoms with E-state index >= 15 is 0 Å². The summed E-state index contributed by atoms with van der Waals surface area (Å²) < 4.78 is 5.73. The second-order valence-electron chi connectivity index (χ2n) is 4.05. The van der Waals surface area contributed by atoms with E-state index in [1.807, 2.05) is 25.1 Å². The van der Waals surface area contributed by atoms with Crippen LogP contribution in [0.15, 0.2) is 42.6 Å². The molecular weight excluding hydrogens is 210 g/mol. The van der Waals surface area contributed by atoms with Crippen LogP contribution in [0.4, 0.5) is 0 Å². The van der Waals surface area contributed by atoms with E-state index in [0.717, 1.165) is 17.9 Å². The van der Waals surface area contributed by atoms with Crippen molar-refractivity contribution in [2.75, 3.05) is 0 Å². The molecule has 0 saturated carbocycles. The van der Waals surface area contributed by atoms with Crippen molar-refractivity contribution in [3.63, 3.8) is 0 Å². The smallest absolute Gasteiger partial charge is 0.138 e. The van der Waals surface area contributed by atoms with Gasteiger partial charge in [0.1, 0.15) is 12.4 Å². The van der Waals surface area contributed by atoms with Crippen LogP contribution in [0.2, 0.25) is 0 Å². The summed E-state index contributed by atoms with van der Waals surface area (Å²) in [7, 11) is 0. The average Bonchev–Trinajstić information content (AvgIpc) is 2.38. The lowest BCUT2D eigenvalue weighted by Gasteiger charge is -2.09. The highest BCUT2D eigenvalue weighted by atomic mass is 16.5. The maximum Gasteiger partial charge on any atom is 0.138 e. The SMILES string of the molecule is CCc1ccccc1COc1ccc(C)nc1. The molecule has 0 radical (unpaired) electrons. The minimum atomic E-state index is 0.606. The molecule has 0 aliphatic heterocycles. The van der Waals surface area contributed by atoms with Crippen LogP contribution in [0, 0.1) is 6.92 Å². The minimum absolute atomic E-state index is 0.606. The third kappa shape index (κ3) is 3.06. The molecule has 17 heavy (non-hydrogen) atoms. The highest BCUT2D eigenvalue weighted by Crippen LogP contribution is 2.14. The van der Waals surface area contributed by atoms with E-state index in [2.05, 4.69) is 30.1 Å². The molecule has 0 spiro atoms. The molecule has 0 unspecified atom stereocenters. The van der Waals surface area contributed by atoms with Crippen molar-refractivity contribution >= 4 is 0 Å². The quantitative estimate of drug-likeness (QED) is 0.797. The summed E-state index contributed by atoms with van der Waals surface area (Å²) in [5, 5.41) is 0. The van der Waals surface area contributed by atoms with Crippen molar-refractivity contribution in [1.82, 2.24) is 4.98 Å². The maximum absolute atomic E-state index is 5.73. The van der Waals surface area contributed by atoms with Crippen molar-refractivity contribution in [3.8, 4) is 5.75 Å². The Balaban J connectivity index is 2.04. The fourth-order valence-electron chi connectivity index (χ4n) is 1.74. The fraction of sp³-hybridized carbons (Fsp3) is 0.267. The first-order valence-corrected chi connectivity index (χ1v) is 5.92. The summed E-state index contributed by atoms with van der Waals surface area (Å²) in [6.07, 6.45) is 2.80. The predicted octanol–water partition coefficient (Wildman–Crippen LogP) is 3.53. The highest BCUT2D eigenvalue weighted by molar-refractivity contribution is 5.27. The van der Waals surface area contributed by atoms with Gasteiger partial charge in [0.2, 0.25) is 0 Å². The number of nitrogens with zero attached hydrogens (tertiary/aromatic N) is 1. The van der Waals surface area contributed by atoms with E-state index in [9.17, 15) is 0 Å². The number of hydrogen-bond acceptors (Lipinski definition) is 2. The number of hydrogen-bond donors (Lipinski definition) is 0. The summed E-state index contributed by atoms with van der Waals surface area (Å²) in [5.41, 5.74) is 3.59. The van der Waals surface area contributed by atoms with Crippen LogP contribution in [0.1, 0.15) is 23.7 Å². The third-order valence-electron chi connectivity index (χ3n) is 2.78. The second kappa shape index (κ2) is 5.48. The van der Waals surface area contributed by atoms with Crippen LogP contribution in [0.25, 0.3) is 0 Å². The molecule has 0 N–H and O–H groups in total. The highest BCUT2D eigenvalue weighted by Gasteiger charge is 2.01. The molecule has 0 fully saturated rings. The molecule has 2 heteroatoms. The minimum Gasteiger partial charge on any atom is -0.487 e. The Morgan fingerprint density at radius 2 is 1.82 bits per heavy atom. The van der Waals surface area contributed by atoms with E-state index in [-0.39, 0.29) is 0 Å². The van der Waals surface area contributed by atoms with E-state index in [1.54, 1.807) is 6.20 Å². The molecule has 1 heterocycles. The van der Waals surface area contributed by atoms with Gasteiger partial charge in [0, 0.05) is 5.69 Å². The van der Waals surface area contributed by atoms with Crippen molar-refractivity contribution in [2.24, 2.45) is 0 Å². The van der Waals surface area contributed by atoms with E-state index in [1.165, 1.54) is 11.1 Å². The van der Waals surface area contributed by atoms with E-state index in [0.29, 0.717) is 6.61 Å². The molecule has 88 valence electrons. The van der Waals surface area contributed by atoms with Crippen LogP contribution in [-0.2, 0) is 13.0 Å². The lowest BCUT2D eigenvalue weighted by Crippen LogP contribution is -1.99. The standard InChI is InChI=1S/C15H17NO/c1-3-13-6-4-5-7-14(13)11-17-15-9-8-12(2)16-10-15/h4-10H,3,11H2,1-2H3. The van der Waals surface area contributed by atoms with Gasteiger partial charge in [-0.25, -0.2) is 0 Å². The molecule has 0 saturated heterocycles. The maximum atomic E-state index is 5.73. The Labute approximate surface area is 102 Å². The molecule has 0 bridgehead atoms. The van der Waals surface area contributed by atoms with Crippen molar-refractivity contribution in [3.05, 3.63) is 59.4 Å². The van der Waals surface area contributed by atoms with Gasteiger partial charge in [-0.3, -0.25) is 4.98 Å². The van der Waals surface area contributed by atoms with Crippen LogP contribution in [0.5, 0.6) is 5.75 Å². The van der Waals surface area contributed by atoms with Gasteiger partial charge in [0.15, 0.2) is 0 Å². The molecule has 2 rings (SSSR count). The fourth-order valence-corrected chi connectivity index (χ4v) is 1.74. The van der Waals surface area contributed by atoms with E-state index < -0.39 is 0 Å². The molecule has 0 amide bonds. The molecule has 2 aromatic rings. The van der Waals surface area contributed by atoms with Gasteiger partial charge in [-0.05, 0) is 36.6 Å². The Bertz CT molecular complexity index is 477. The number of aromatic nitrogens is 1. The van der Waals surface area contributed by atoms with Gasteiger partial charge >= 0.3 is 0 Å². The number of rotatable bonds is 4. The molecule has 1 aromatic carbocycles. The van der Waals surface area contributed by atoms with Crippen molar-refractivity contribution < 1.29 is 4.74 Å². The van der Waals surface area contributed by atoms with Gasteiger partial charge in [-0.1, -0.05) is 31.2 Å². The van der Waals surface area contributed by atoms with Gasteiger partial charge < -0.3 is 4.74 Å². The Kier molecular flexibility index (Phi) is 3.76. The predicted molar refractivity (Wildman–Crippen MR) is 69.1 cm³/mol. The Hall–Kier alpha value is -1.83. The second-order valence-corrected chi connectivity index (χ2v) is 4.05. The van der Waals surface area contributed by atoms with Gasteiger partial charge in [0.25, 0.3) is 0 Å². The zero-order chi connectivity index (χ0) is 12.1. The lowest BCUT2D eigenvalue weighted by atomic mass is 10.1. The normalized spacial score (nSPS) is 10.2. The van der Waals surface area contributed by atoms with Gasteiger partial charge in [-0.15, -0.1) is 0 Å². The van der Waals surface area contributed by atoms with Gasteiger partial charge in [-0.2, -0.15) is 0 Å². The first-order valence-electron chi connectivity index (χ1n) is 5.92. The average molecular weight is 227 g/mol.